The van der Waals surface area contributed by atoms with Crippen LogP contribution in [-0.4, -0.2) is 47.9 Å². The van der Waals surface area contributed by atoms with Crippen molar-refractivity contribution in [3.63, 3.8) is 0 Å². The molecule has 0 atom stereocenters. The number of amides is 1. The van der Waals surface area contributed by atoms with Gasteiger partial charge in [0.2, 0.25) is 5.91 Å². The molecule has 0 aliphatic carbocycles. The fourth-order valence-electron chi connectivity index (χ4n) is 2.73. The SMILES string of the molecule is Nc1cc(=O)[nH]c(SCC(=O)Nc2cc(C(F)(F)F)ccc2N2CCOCC2)n1. The molecule has 1 saturated heterocycles. The molecule has 0 bridgehead atoms. The van der Waals surface area contributed by atoms with E-state index in [-0.39, 0.29) is 22.4 Å². The van der Waals surface area contributed by atoms with Gasteiger partial charge in [-0.05, 0) is 18.2 Å². The van der Waals surface area contributed by atoms with Crippen LogP contribution in [0.4, 0.5) is 30.4 Å². The number of nitrogen functional groups attached to an aromatic ring is 1. The zero-order valence-corrected chi connectivity index (χ0v) is 15.9. The van der Waals surface area contributed by atoms with Crippen LogP contribution in [0.2, 0.25) is 0 Å². The van der Waals surface area contributed by atoms with E-state index in [9.17, 15) is 22.8 Å². The lowest BCUT2D eigenvalue weighted by molar-refractivity contribution is -0.137. The standard InChI is InChI=1S/C17H18F3N5O3S/c18-17(19,20)10-1-2-12(25-3-5-28-6-4-25)11(7-10)22-15(27)9-29-16-23-13(21)8-14(26)24-16/h1-2,7-8H,3-6,9H2,(H,22,27)(H3,21,23,24,26). The zero-order valence-electron chi connectivity index (χ0n) is 15.1. The van der Waals surface area contributed by atoms with Crippen LogP contribution in [0.25, 0.3) is 0 Å². The van der Waals surface area contributed by atoms with Crippen LogP contribution in [0.1, 0.15) is 5.56 Å². The molecule has 1 fully saturated rings. The van der Waals surface area contributed by atoms with Gasteiger partial charge in [0.15, 0.2) is 5.16 Å². The lowest BCUT2D eigenvalue weighted by atomic mass is 10.1. The Morgan fingerprint density at radius 1 is 1.31 bits per heavy atom. The van der Waals surface area contributed by atoms with E-state index < -0.39 is 23.2 Å². The molecule has 2 aromatic rings. The molecule has 0 spiro atoms. The van der Waals surface area contributed by atoms with Gasteiger partial charge in [0, 0.05) is 19.2 Å². The summed E-state index contributed by atoms with van der Waals surface area (Å²) in [5, 5.41) is 2.67. The number of nitrogens with zero attached hydrogens (tertiary/aromatic N) is 2. The van der Waals surface area contributed by atoms with E-state index in [2.05, 4.69) is 15.3 Å². The van der Waals surface area contributed by atoms with E-state index in [0.717, 1.165) is 30.0 Å². The molecule has 0 radical (unpaired) electrons. The van der Waals surface area contributed by atoms with Gasteiger partial charge in [-0.25, -0.2) is 4.98 Å². The summed E-state index contributed by atoms with van der Waals surface area (Å²) in [6.07, 6.45) is -4.54. The Labute approximate surface area is 167 Å². The third-order valence-corrected chi connectivity index (χ3v) is 4.90. The first-order chi connectivity index (χ1) is 13.7. The maximum atomic E-state index is 13.1. The van der Waals surface area contributed by atoms with Gasteiger partial charge in [-0.2, -0.15) is 13.2 Å². The Balaban J connectivity index is 1.77. The second-order valence-corrected chi connectivity index (χ2v) is 7.11. The largest absolute Gasteiger partial charge is 0.416 e. The molecule has 0 unspecified atom stereocenters. The molecule has 1 aliphatic rings. The lowest BCUT2D eigenvalue weighted by Crippen LogP contribution is -2.37. The average molecular weight is 429 g/mol. The van der Waals surface area contributed by atoms with E-state index >= 15 is 0 Å². The molecule has 0 saturated carbocycles. The summed E-state index contributed by atoms with van der Waals surface area (Å²) < 4.78 is 44.6. The minimum Gasteiger partial charge on any atom is -0.383 e. The Hall–Kier alpha value is -2.73. The number of H-pyrrole nitrogens is 1. The molecule has 156 valence electrons. The highest BCUT2D eigenvalue weighted by Crippen LogP contribution is 2.35. The fourth-order valence-corrected chi connectivity index (χ4v) is 3.42. The number of thioether (sulfide) groups is 1. The number of nitrogens with two attached hydrogens (primary N) is 1. The predicted octanol–water partition coefficient (Wildman–Crippen LogP) is 1.94. The highest BCUT2D eigenvalue weighted by molar-refractivity contribution is 7.99. The van der Waals surface area contributed by atoms with E-state index in [0.29, 0.717) is 32.0 Å². The summed E-state index contributed by atoms with van der Waals surface area (Å²) in [6, 6.07) is 4.33. The van der Waals surface area contributed by atoms with E-state index in [4.69, 9.17) is 10.5 Å². The number of carbonyl (C=O) groups excluding carboxylic acids is 1. The number of alkyl halides is 3. The van der Waals surface area contributed by atoms with E-state index in [1.54, 1.807) is 0 Å². The van der Waals surface area contributed by atoms with E-state index in [1.165, 1.54) is 6.07 Å². The van der Waals surface area contributed by atoms with Gasteiger partial charge in [0.25, 0.3) is 5.56 Å². The van der Waals surface area contributed by atoms with Crippen LogP contribution >= 0.6 is 11.8 Å². The first-order valence-corrected chi connectivity index (χ1v) is 9.54. The Morgan fingerprint density at radius 3 is 2.69 bits per heavy atom. The Morgan fingerprint density at radius 2 is 2.03 bits per heavy atom. The second kappa shape index (κ2) is 8.74. The van der Waals surface area contributed by atoms with Crippen LogP contribution in [0.15, 0.2) is 34.2 Å². The summed E-state index contributed by atoms with van der Waals surface area (Å²) in [5.74, 6) is -0.719. The van der Waals surface area contributed by atoms with Gasteiger partial charge in [0.1, 0.15) is 5.82 Å². The molecular weight excluding hydrogens is 411 g/mol. The van der Waals surface area contributed by atoms with Gasteiger partial charge in [0.05, 0.1) is 35.9 Å². The summed E-state index contributed by atoms with van der Waals surface area (Å²) >= 11 is 0.913. The zero-order chi connectivity index (χ0) is 21.0. The lowest BCUT2D eigenvalue weighted by Gasteiger charge is -2.31. The number of nitrogens with one attached hydrogen (secondary N) is 2. The van der Waals surface area contributed by atoms with Crippen molar-refractivity contribution in [2.75, 3.05) is 48.0 Å². The molecule has 3 rings (SSSR count). The van der Waals surface area contributed by atoms with Gasteiger partial charge >= 0.3 is 6.18 Å². The molecular formula is C17H18F3N5O3S. The molecule has 2 heterocycles. The number of aromatic amines is 1. The Kier molecular flexibility index (Phi) is 6.33. The number of ether oxygens (including phenoxy) is 1. The summed E-state index contributed by atoms with van der Waals surface area (Å²) in [7, 11) is 0. The van der Waals surface area contributed by atoms with Crippen LogP contribution in [0.3, 0.4) is 0 Å². The van der Waals surface area contributed by atoms with Crippen LogP contribution in [0, 0.1) is 0 Å². The predicted molar refractivity (Wildman–Crippen MR) is 103 cm³/mol. The molecule has 1 aromatic carbocycles. The third kappa shape index (κ3) is 5.64. The van der Waals surface area contributed by atoms with Crippen molar-refractivity contribution in [2.24, 2.45) is 0 Å². The van der Waals surface area contributed by atoms with E-state index in [1.807, 2.05) is 4.90 Å². The smallest absolute Gasteiger partial charge is 0.383 e. The van der Waals surface area contributed by atoms with Gasteiger partial charge in [-0.3, -0.25) is 9.59 Å². The first kappa shape index (κ1) is 21.0. The minimum absolute atomic E-state index is 0.00383. The number of hydrogen-bond donors (Lipinski definition) is 3. The maximum absolute atomic E-state index is 13.1. The van der Waals surface area contributed by atoms with Gasteiger partial charge in [-0.1, -0.05) is 11.8 Å². The maximum Gasteiger partial charge on any atom is 0.416 e. The van der Waals surface area contributed by atoms with Crippen molar-refractivity contribution in [1.82, 2.24) is 9.97 Å². The second-order valence-electron chi connectivity index (χ2n) is 6.14. The molecule has 1 aliphatic heterocycles. The quantitative estimate of drug-likeness (QED) is 0.492. The number of hydrogen-bond acceptors (Lipinski definition) is 7. The first-order valence-electron chi connectivity index (χ1n) is 8.56. The highest BCUT2D eigenvalue weighted by atomic mass is 32.2. The number of halogens is 3. The average Bonchev–Trinajstić information content (AvgIpc) is 2.65. The number of carbonyl (C=O) groups is 1. The number of morpholine rings is 1. The van der Waals surface area contributed by atoms with Crippen molar-refractivity contribution >= 4 is 34.9 Å². The topological polar surface area (TPSA) is 113 Å². The van der Waals surface area contributed by atoms with Gasteiger partial charge in [-0.15, -0.1) is 0 Å². The third-order valence-electron chi connectivity index (χ3n) is 4.03. The monoisotopic (exact) mass is 429 g/mol. The van der Waals surface area contributed by atoms with Crippen molar-refractivity contribution in [2.45, 2.75) is 11.3 Å². The number of rotatable bonds is 5. The van der Waals surface area contributed by atoms with Crippen molar-refractivity contribution in [3.8, 4) is 0 Å². The van der Waals surface area contributed by atoms with Crippen LogP contribution in [-0.2, 0) is 15.7 Å². The number of aromatic nitrogens is 2. The number of anilines is 3. The summed E-state index contributed by atoms with van der Waals surface area (Å²) in [5.41, 5.74) is 4.69. The van der Waals surface area contributed by atoms with Crippen LogP contribution < -0.4 is 21.5 Å². The number of benzene rings is 1. The Bertz CT molecular complexity index is 945. The van der Waals surface area contributed by atoms with Crippen LogP contribution in [0.5, 0.6) is 0 Å². The normalized spacial score (nSPS) is 14.7. The summed E-state index contributed by atoms with van der Waals surface area (Å²) in [6.45, 7) is 1.88. The summed E-state index contributed by atoms with van der Waals surface area (Å²) in [4.78, 5) is 31.9. The van der Waals surface area contributed by atoms with Crippen molar-refractivity contribution < 1.29 is 22.7 Å². The molecule has 1 amide bonds. The van der Waals surface area contributed by atoms with Crippen molar-refractivity contribution in [3.05, 3.63) is 40.2 Å². The molecule has 12 heteroatoms. The van der Waals surface area contributed by atoms with Crippen molar-refractivity contribution in [1.29, 1.82) is 0 Å². The highest BCUT2D eigenvalue weighted by Gasteiger charge is 2.32. The molecule has 29 heavy (non-hydrogen) atoms. The molecule has 4 N–H and O–H groups in total. The van der Waals surface area contributed by atoms with Gasteiger partial charge < -0.3 is 25.7 Å². The minimum atomic E-state index is -4.54. The fraction of sp³-hybridized carbons (Fsp3) is 0.353. The molecule has 8 nitrogen and oxygen atoms in total. The molecule has 1 aromatic heterocycles.